The molecule has 3 nitrogen and oxygen atoms in total. The average molecular weight is 223 g/mol. The van der Waals surface area contributed by atoms with Crippen LogP contribution in [0.1, 0.15) is 6.42 Å². The molecule has 0 saturated carbocycles. The summed E-state index contributed by atoms with van der Waals surface area (Å²) in [6.45, 7) is 1.03. The van der Waals surface area contributed by atoms with E-state index in [1.807, 2.05) is 18.2 Å². The van der Waals surface area contributed by atoms with Crippen LogP contribution < -0.4 is 10.8 Å². The van der Waals surface area contributed by atoms with Crippen molar-refractivity contribution in [2.45, 2.75) is 18.7 Å². The van der Waals surface area contributed by atoms with Gasteiger partial charge in [-0.2, -0.15) is 0 Å². The van der Waals surface area contributed by atoms with Crippen LogP contribution in [0.25, 0.3) is 0 Å². The molecule has 2 unspecified atom stereocenters. The zero-order valence-electron chi connectivity index (χ0n) is 8.97. The van der Waals surface area contributed by atoms with Gasteiger partial charge in [-0.05, 0) is 18.4 Å². The molecule has 2 rings (SSSR count). The summed E-state index contributed by atoms with van der Waals surface area (Å²) in [6, 6.07) is 9.02. The zero-order chi connectivity index (χ0) is 11.4. The number of hydrogen-bond acceptors (Lipinski definition) is 3. The Kier molecular flexibility index (Phi) is 3.93. The first kappa shape index (κ1) is 11.6. The number of halogens is 1. The van der Waals surface area contributed by atoms with Crippen LogP contribution >= 0.6 is 0 Å². The van der Waals surface area contributed by atoms with Crippen molar-refractivity contribution in [3.8, 4) is 0 Å². The first-order chi connectivity index (χ1) is 7.77. The molecule has 1 saturated heterocycles. The lowest BCUT2D eigenvalue weighted by Crippen LogP contribution is -2.48. The quantitative estimate of drug-likeness (QED) is 0.713. The van der Waals surface area contributed by atoms with Crippen molar-refractivity contribution in [3.63, 3.8) is 0 Å². The first-order valence-electron chi connectivity index (χ1n) is 5.50. The maximum Gasteiger partial charge on any atom is 0.491 e. The third-order valence-electron chi connectivity index (χ3n) is 2.74. The van der Waals surface area contributed by atoms with Crippen molar-refractivity contribution in [1.29, 1.82) is 0 Å². The maximum absolute atomic E-state index is 13.4. The number of nitrogens with one attached hydrogen (secondary N) is 1. The van der Waals surface area contributed by atoms with Gasteiger partial charge in [0.15, 0.2) is 0 Å². The molecular formula is C11H15BFNO2. The predicted molar refractivity (Wildman–Crippen MR) is 61.3 cm³/mol. The summed E-state index contributed by atoms with van der Waals surface area (Å²) < 4.78 is 18.8. The molecule has 0 aromatic heterocycles. The van der Waals surface area contributed by atoms with Gasteiger partial charge < -0.3 is 15.0 Å². The molecule has 0 aliphatic carbocycles. The Bertz CT molecular complexity index is 325. The van der Waals surface area contributed by atoms with Crippen LogP contribution in [0.4, 0.5) is 4.39 Å². The van der Waals surface area contributed by atoms with Gasteiger partial charge in [-0.3, -0.25) is 0 Å². The number of rotatable bonds is 3. The minimum absolute atomic E-state index is 0.298. The van der Waals surface area contributed by atoms with E-state index in [1.165, 1.54) is 0 Å². The average Bonchev–Trinajstić information content (AvgIpc) is 2.33. The molecule has 5 heteroatoms. The highest BCUT2D eigenvalue weighted by Crippen LogP contribution is 2.12. The Labute approximate surface area is 94.8 Å². The number of piperidine rings is 1. The van der Waals surface area contributed by atoms with E-state index in [0.29, 0.717) is 18.4 Å². The maximum atomic E-state index is 13.4. The Morgan fingerprint density at radius 1 is 1.38 bits per heavy atom. The molecule has 2 N–H and O–H groups in total. The van der Waals surface area contributed by atoms with Gasteiger partial charge in [0, 0.05) is 6.54 Å². The second kappa shape index (κ2) is 5.43. The molecule has 1 fully saturated rings. The number of benzene rings is 1. The fraction of sp³-hybridized carbons (Fsp3) is 0.455. The second-order valence-corrected chi connectivity index (χ2v) is 3.95. The topological polar surface area (TPSA) is 41.5 Å². The fourth-order valence-electron chi connectivity index (χ4n) is 1.81. The summed E-state index contributed by atoms with van der Waals surface area (Å²) >= 11 is 0. The van der Waals surface area contributed by atoms with Crippen molar-refractivity contribution >= 4 is 12.6 Å². The lowest BCUT2D eigenvalue weighted by atomic mass is 9.79. The van der Waals surface area contributed by atoms with Gasteiger partial charge in [-0.25, -0.2) is 4.39 Å². The Hall–Kier alpha value is -0.905. The standard InChI is InChI=1S/C11H15BFNO2/c13-10-8-14-7-6-11(10)16-12(15)9-4-2-1-3-5-9/h1-5,10-11,14-15H,6-8H2. The normalized spacial score (nSPS) is 25.4. The zero-order valence-corrected chi connectivity index (χ0v) is 8.97. The molecule has 1 aromatic rings. The van der Waals surface area contributed by atoms with E-state index in [1.54, 1.807) is 12.1 Å². The van der Waals surface area contributed by atoms with Crippen LogP contribution in [0.3, 0.4) is 0 Å². The van der Waals surface area contributed by atoms with E-state index < -0.39 is 19.4 Å². The Morgan fingerprint density at radius 2 is 2.12 bits per heavy atom. The highest BCUT2D eigenvalue weighted by Gasteiger charge is 2.29. The highest BCUT2D eigenvalue weighted by molar-refractivity contribution is 6.60. The highest BCUT2D eigenvalue weighted by atomic mass is 19.1. The first-order valence-corrected chi connectivity index (χ1v) is 5.50. The molecule has 0 amide bonds. The number of alkyl halides is 1. The molecule has 1 aliphatic heterocycles. The van der Waals surface area contributed by atoms with E-state index >= 15 is 0 Å². The molecule has 1 aromatic carbocycles. The summed E-state index contributed by atoms with van der Waals surface area (Å²) in [5, 5.41) is 12.7. The molecule has 0 radical (unpaired) electrons. The largest absolute Gasteiger partial charge is 0.491 e. The van der Waals surface area contributed by atoms with Gasteiger partial charge in [-0.15, -0.1) is 0 Å². The van der Waals surface area contributed by atoms with E-state index in [0.717, 1.165) is 6.54 Å². The minimum atomic E-state index is -1.05. The summed E-state index contributed by atoms with van der Waals surface area (Å²) in [4.78, 5) is 0. The van der Waals surface area contributed by atoms with E-state index in [4.69, 9.17) is 4.65 Å². The second-order valence-electron chi connectivity index (χ2n) is 3.95. The Morgan fingerprint density at radius 3 is 2.81 bits per heavy atom. The van der Waals surface area contributed by atoms with Crippen molar-refractivity contribution in [3.05, 3.63) is 30.3 Å². The lowest BCUT2D eigenvalue weighted by Gasteiger charge is -2.28. The molecule has 1 heterocycles. The van der Waals surface area contributed by atoms with Crippen molar-refractivity contribution < 1.29 is 14.1 Å². The van der Waals surface area contributed by atoms with Crippen LogP contribution in [-0.2, 0) is 4.65 Å². The van der Waals surface area contributed by atoms with Gasteiger partial charge in [-0.1, -0.05) is 30.3 Å². The summed E-state index contributed by atoms with van der Waals surface area (Å²) in [5.41, 5.74) is 0.660. The predicted octanol–water partition coefficient (Wildman–Crippen LogP) is 0.0907. The summed E-state index contributed by atoms with van der Waals surface area (Å²) in [6.07, 6.45) is -0.978. The SMILES string of the molecule is OB(OC1CCNCC1F)c1ccccc1. The van der Waals surface area contributed by atoms with E-state index in [9.17, 15) is 9.41 Å². The smallest absolute Gasteiger partial charge is 0.423 e. The van der Waals surface area contributed by atoms with Crippen molar-refractivity contribution in [2.75, 3.05) is 13.1 Å². The fourth-order valence-corrected chi connectivity index (χ4v) is 1.81. The third-order valence-corrected chi connectivity index (χ3v) is 2.74. The molecule has 0 spiro atoms. The van der Waals surface area contributed by atoms with Gasteiger partial charge >= 0.3 is 7.12 Å². The van der Waals surface area contributed by atoms with Gasteiger partial charge in [0.1, 0.15) is 6.17 Å². The monoisotopic (exact) mass is 223 g/mol. The molecule has 0 bridgehead atoms. The minimum Gasteiger partial charge on any atom is -0.423 e. The molecule has 2 atom stereocenters. The Balaban J connectivity index is 1.94. The van der Waals surface area contributed by atoms with Crippen LogP contribution in [0.2, 0.25) is 0 Å². The summed E-state index contributed by atoms with van der Waals surface area (Å²) in [7, 11) is -1.04. The van der Waals surface area contributed by atoms with Gasteiger partial charge in [0.2, 0.25) is 0 Å². The van der Waals surface area contributed by atoms with Crippen LogP contribution in [0.15, 0.2) is 30.3 Å². The lowest BCUT2D eigenvalue weighted by molar-refractivity contribution is 0.0595. The molecule has 1 aliphatic rings. The summed E-state index contributed by atoms with van der Waals surface area (Å²) in [5.74, 6) is 0. The van der Waals surface area contributed by atoms with E-state index in [2.05, 4.69) is 5.32 Å². The van der Waals surface area contributed by atoms with Gasteiger partial charge in [0.25, 0.3) is 0 Å². The van der Waals surface area contributed by atoms with Crippen LogP contribution in [0.5, 0.6) is 0 Å². The molecular weight excluding hydrogens is 208 g/mol. The number of hydrogen-bond donors (Lipinski definition) is 2. The van der Waals surface area contributed by atoms with Crippen LogP contribution in [0, 0.1) is 0 Å². The van der Waals surface area contributed by atoms with Gasteiger partial charge in [0.05, 0.1) is 6.10 Å². The van der Waals surface area contributed by atoms with Crippen LogP contribution in [-0.4, -0.2) is 37.5 Å². The molecule has 16 heavy (non-hydrogen) atoms. The third kappa shape index (κ3) is 2.81. The van der Waals surface area contributed by atoms with Crippen molar-refractivity contribution in [1.82, 2.24) is 5.32 Å². The molecule has 86 valence electrons. The van der Waals surface area contributed by atoms with E-state index in [-0.39, 0.29) is 0 Å². The van der Waals surface area contributed by atoms with Crippen molar-refractivity contribution in [2.24, 2.45) is 0 Å².